The number of hydrogen-bond acceptors (Lipinski definition) is 5. The first-order chi connectivity index (χ1) is 16.0. The molecular formula is C27H36N4O2. The summed E-state index contributed by atoms with van der Waals surface area (Å²) in [5.74, 6) is 0.946. The van der Waals surface area contributed by atoms with Crippen molar-refractivity contribution in [3.05, 3.63) is 76.4 Å². The van der Waals surface area contributed by atoms with Crippen LogP contribution >= 0.6 is 0 Å². The van der Waals surface area contributed by atoms with Crippen molar-refractivity contribution >= 4 is 0 Å². The van der Waals surface area contributed by atoms with Crippen molar-refractivity contribution in [1.29, 1.82) is 0 Å². The molecule has 1 aliphatic rings. The van der Waals surface area contributed by atoms with Crippen molar-refractivity contribution in [2.45, 2.75) is 59.7 Å². The molecule has 0 saturated carbocycles. The number of aromatic nitrogens is 3. The van der Waals surface area contributed by atoms with E-state index in [1.165, 1.54) is 22.4 Å². The van der Waals surface area contributed by atoms with Crippen LogP contribution in [0.1, 0.15) is 66.7 Å². The van der Waals surface area contributed by atoms with E-state index in [-0.39, 0.29) is 6.10 Å². The number of nitrogens with zero attached hydrogens (tertiary/aromatic N) is 4. The molecule has 3 heterocycles. The molecule has 0 spiro atoms. The van der Waals surface area contributed by atoms with Crippen molar-refractivity contribution in [3.63, 3.8) is 0 Å². The summed E-state index contributed by atoms with van der Waals surface area (Å²) in [5, 5.41) is 4.75. The molecule has 1 aliphatic heterocycles. The highest BCUT2D eigenvalue weighted by atomic mass is 16.5. The summed E-state index contributed by atoms with van der Waals surface area (Å²) in [4.78, 5) is 7.23. The fraction of sp³-hybridized carbons (Fsp3) is 0.481. The van der Waals surface area contributed by atoms with Crippen LogP contribution in [0.25, 0.3) is 0 Å². The molecule has 1 atom stereocenters. The number of pyridine rings is 1. The zero-order chi connectivity index (χ0) is 23.4. The molecule has 3 aromatic rings. The standard InChI is InChI=1S/C27H36N4O2/c1-6-32-26-10-8-7-9-23(26)15-22-11-12-25(28-16-22)27-18-30(13-14-33-27)17-24-20(4)29-31(19(2)3)21(24)5/h7-12,16,19,27H,6,13-15,17-18H2,1-5H3/t27-/m1/s1. The summed E-state index contributed by atoms with van der Waals surface area (Å²) < 4.78 is 14.0. The molecule has 1 aromatic carbocycles. The number of hydrogen-bond donors (Lipinski definition) is 0. The average molecular weight is 449 g/mol. The minimum Gasteiger partial charge on any atom is -0.494 e. The number of benzene rings is 1. The molecular weight excluding hydrogens is 412 g/mol. The average Bonchev–Trinajstić information content (AvgIpc) is 3.10. The van der Waals surface area contributed by atoms with E-state index in [4.69, 9.17) is 19.6 Å². The van der Waals surface area contributed by atoms with E-state index in [0.29, 0.717) is 19.3 Å². The van der Waals surface area contributed by atoms with E-state index in [1.807, 2.05) is 25.3 Å². The Balaban J connectivity index is 1.42. The van der Waals surface area contributed by atoms with Crippen LogP contribution in [-0.4, -0.2) is 46.0 Å². The van der Waals surface area contributed by atoms with Crippen molar-refractivity contribution < 1.29 is 9.47 Å². The smallest absolute Gasteiger partial charge is 0.122 e. The molecule has 0 radical (unpaired) electrons. The highest BCUT2D eigenvalue weighted by Crippen LogP contribution is 2.26. The minimum atomic E-state index is -0.00994. The Morgan fingerprint density at radius 2 is 1.97 bits per heavy atom. The van der Waals surface area contributed by atoms with Gasteiger partial charge in [-0.25, -0.2) is 0 Å². The normalized spacial score (nSPS) is 17.0. The second kappa shape index (κ2) is 10.5. The van der Waals surface area contributed by atoms with Crippen LogP contribution in [0.4, 0.5) is 0 Å². The third-order valence-electron chi connectivity index (χ3n) is 6.34. The maximum absolute atomic E-state index is 6.10. The molecule has 4 rings (SSSR count). The zero-order valence-corrected chi connectivity index (χ0v) is 20.5. The first-order valence-corrected chi connectivity index (χ1v) is 12.0. The van der Waals surface area contributed by atoms with Crippen LogP contribution in [0.15, 0.2) is 42.6 Å². The number of para-hydroxylation sites is 1. The highest BCUT2D eigenvalue weighted by Gasteiger charge is 2.25. The van der Waals surface area contributed by atoms with Gasteiger partial charge in [-0.3, -0.25) is 14.6 Å². The summed E-state index contributed by atoms with van der Waals surface area (Å²) in [6.45, 7) is 14.7. The van der Waals surface area contributed by atoms with Crippen LogP contribution in [0.5, 0.6) is 5.75 Å². The van der Waals surface area contributed by atoms with E-state index in [9.17, 15) is 0 Å². The quantitative estimate of drug-likeness (QED) is 0.483. The number of rotatable bonds is 8. The lowest BCUT2D eigenvalue weighted by molar-refractivity contribution is -0.0351. The van der Waals surface area contributed by atoms with Gasteiger partial charge in [0.15, 0.2) is 0 Å². The molecule has 176 valence electrons. The molecule has 0 aliphatic carbocycles. The summed E-state index contributed by atoms with van der Waals surface area (Å²) in [5.41, 5.74) is 7.07. The van der Waals surface area contributed by atoms with Gasteiger partial charge in [-0.15, -0.1) is 0 Å². The predicted molar refractivity (Wildman–Crippen MR) is 131 cm³/mol. The number of aryl methyl sites for hydroxylation is 1. The van der Waals surface area contributed by atoms with Gasteiger partial charge in [0.2, 0.25) is 0 Å². The first kappa shape index (κ1) is 23.5. The summed E-state index contributed by atoms with van der Waals surface area (Å²) in [6, 6.07) is 12.9. The molecule has 33 heavy (non-hydrogen) atoms. The first-order valence-electron chi connectivity index (χ1n) is 12.0. The Hall–Kier alpha value is -2.70. The van der Waals surface area contributed by atoms with Gasteiger partial charge in [0.25, 0.3) is 0 Å². The van der Waals surface area contributed by atoms with Gasteiger partial charge < -0.3 is 9.47 Å². The van der Waals surface area contributed by atoms with Crippen molar-refractivity contribution in [2.75, 3.05) is 26.3 Å². The lowest BCUT2D eigenvalue weighted by atomic mass is 10.0. The molecule has 0 amide bonds. The lowest BCUT2D eigenvalue weighted by Crippen LogP contribution is -2.38. The van der Waals surface area contributed by atoms with Gasteiger partial charge in [-0.05, 0) is 57.9 Å². The fourth-order valence-corrected chi connectivity index (χ4v) is 4.57. The molecule has 0 N–H and O–H groups in total. The van der Waals surface area contributed by atoms with Gasteiger partial charge in [0.1, 0.15) is 11.9 Å². The Bertz CT molecular complexity index is 1060. The SMILES string of the molecule is CCOc1ccccc1Cc1ccc([C@H]2CN(Cc3c(C)nn(C(C)C)c3C)CCO2)nc1. The predicted octanol–water partition coefficient (Wildman–Crippen LogP) is 5.04. The van der Waals surface area contributed by atoms with Crippen LogP contribution < -0.4 is 4.74 Å². The van der Waals surface area contributed by atoms with E-state index >= 15 is 0 Å². The maximum atomic E-state index is 6.10. The van der Waals surface area contributed by atoms with Crippen LogP contribution in [0.3, 0.4) is 0 Å². The van der Waals surface area contributed by atoms with Crippen LogP contribution in [-0.2, 0) is 17.7 Å². The third-order valence-corrected chi connectivity index (χ3v) is 6.34. The molecule has 1 fully saturated rings. The van der Waals surface area contributed by atoms with Gasteiger partial charge in [-0.1, -0.05) is 24.3 Å². The van der Waals surface area contributed by atoms with Crippen LogP contribution in [0.2, 0.25) is 0 Å². The molecule has 0 unspecified atom stereocenters. The fourth-order valence-electron chi connectivity index (χ4n) is 4.57. The zero-order valence-electron chi connectivity index (χ0n) is 20.5. The van der Waals surface area contributed by atoms with Gasteiger partial charge >= 0.3 is 0 Å². The second-order valence-corrected chi connectivity index (χ2v) is 9.09. The Kier molecular flexibility index (Phi) is 7.46. The number of ether oxygens (including phenoxy) is 2. The van der Waals surface area contributed by atoms with Gasteiger partial charge in [0, 0.05) is 49.6 Å². The monoisotopic (exact) mass is 448 g/mol. The minimum absolute atomic E-state index is 0.00994. The maximum Gasteiger partial charge on any atom is 0.122 e. The van der Waals surface area contributed by atoms with Crippen molar-refractivity contribution in [1.82, 2.24) is 19.7 Å². The summed E-state index contributed by atoms with van der Waals surface area (Å²) in [6.07, 6.45) is 2.77. The second-order valence-electron chi connectivity index (χ2n) is 9.09. The van der Waals surface area contributed by atoms with Crippen molar-refractivity contribution in [3.8, 4) is 5.75 Å². The summed E-state index contributed by atoms with van der Waals surface area (Å²) in [7, 11) is 0. The Morgan fingerprint density at radius 3 is 2.67 bits per heavy atom. The van der Waals surface area contributed by atoms with E-state index in [1.54, 1.807) is 0 Å². The van der Waals surface area contributed by atoms with E-state index < -0.39 is 0 Å². The van der Waals surface area contributed by atoms with Gasteiger partial charge in [0.05, 0.1) is 24.6 Å². The Morgan fingerprint density at radius 1 is 1.15 bits per heavy atom. The molecule has 2 aromatic heterocycles. The molecule has 6 heteroatoms. The Labute approximate surface area is 197 Å². The third kappa shape index (κ3) is 5.45. The molecule has 6 nitrogen and oxygen atoms in total. The number of morpholine rings is 1. The lowest BCUT2D eigenvalue weighted by Gasteiger charge is -2.32. The largest absolute Gasteiger partial charge is 0.494 e. The molecule has 1 saturated heterocycles. The van der Waals surface area contributed by atoms with E-state index in [0.717, 1.165) is 43.2 Å². The van der Waals surface area contributed by atoms with Crippen molar-refractivity contribution in [2.24, 2.45) is 0 Å². The van der Waals surface area contributed by atoms with Crippen LogP contribution in [0, 0.1) is 13.8 Å². The van der Waals surface area contributed by atoms with Gasteiger partial charge in [-0.2, -0.15) is 5.10 Å². The topological polar surface area (TPSA) is 52.4 Å². The van der Waals surface area contributed by atoms with E-state index in [2.05, 4.69) is 61.5 Å². The summed E-state index contributed by atoms with van der Waals surface area (Å²) >= 11 is 0. The highest BCUT2D eigenvalue weighted by molar-refractivity contribution is 5.37. The molecule has 0 bridgehead atoms.